The molecule has 0 amide bonds. The number of rotatable bonds is 7. The Bertz CT molecular complexity index is 631. The molecule has 3 heteroatoms. The normalized spacial score (nSPS) is 15.2. The molecule has 126 valence electrons. The molecule has 1 heterocycles. The molecule has 0 aliphatic carbocycles. The third-order valence-corrected chi connectivity index (χ3v) is 4.34. The van der Waals surface area contributed by atoms with Gasteiger partial charge in [0.1, 0.15) is 12.4 Å². The summed E-state index contributed by atoms with van der Waals surface area (Å²) in [6.07, 6.45) is 1.000. The topological polar surface area (TPSA) is 21.7 Å². The van der Waals surface area contributed by atoms with E-state index in [1.54, 1.807) is 0 Å². The molecular formula is C21H25NO2. The lowest BCUT2D eigenvalue weighted by molar-refractivity contribution is 0.0390. The monoisotopic (exact) mass is 323 g/mol. The largest absolute Gasteiger partial charge is 0.489 e. The molecule has 1 aliphatic heterocycles. The van der Waals surface area contributed by atoms with Gasteiger partial charge in [0.25, 0.3) is 0 Å². The average molecular weight is 323 g/mol. The summed E-state index contributed by atoms with van der Waals surface area (Å²) in [7, 11) is 0. The Morgan fingerprint density at radius 2 is 1.71 bits per heavy atom. The van der Waals surface area contributed by atoms with Gasteiger partial charge in [0.2, 0.25) is 0 Å². The fourth-order valence-electron chi connectivity index (χ4n) is 2.78. The van der Waals surface area contributed by atoms with Gasteiger partial charge in [-0.05, 0) is 35.3 Å². The average Bonchev–Trinajstić information content (AvgIpc) is 2.66. The number of benzene rings is 2. The van der Waals surface area contributed by atoms with E-state index in [1.165, 1.54) is 16.7 Å². The molecule has 0 atom stereocenters. The first kappa shape index (κ1) is 16.7. The number of hydrogen-bond donors (Lipinski definition) is 0. The van der Waals surface area contributed by atoms with Crippen LogP contribution in [-0.4, -0.2) is 37.7 Å². The molecule has 1 saturated heterocycles. The Labute approximate surface area is 144 Å². The van der Waals surface area contributed by atoms with E-state index < -0.39 is 0 Å². The van der Waals surface area contributed by atoms with Gasteiger partial charge >= 0.3 is 0 Å². The molecule has 3 nitrogen and oxygen atoms in total. The number of hydrogen-bond acceptors (Lipinski definition) is 3. The predicted molar refractivity (Wildman–Crippen MR) is 98.1 cm³/mol. The molecular weight excluding hydrogens is 298 g/mol. The molecule has 2 aromatic rings. The molecule has 1 aliphatic rings. The van der Waals surface area contributed by atoms with E-state index in [2.05, 4.69) is 35.7 Å². The smallest absolute Gasteiger partial charge is 0.119 e. The van der Waals surface area contributed by atoms with Gasteiger partial charge in [-0.3, -0.25) is 4.90 Å². The number of morpholine rings is 1. The number of nitrogens with zero attached hydrogens (tertiary/aromatic N) is 1. The summed E-state index contributed by atoms with van der Waals surface area (Å²) in [6, 6.07) is 18.4. The molecule has 3 rings (SSSR count). The maximum absolute atomic E-state index is 5.78. The zero-order chi connectivity index (χ0) is 16.6. The molecule has 1 fully saturated rings. The van der Waals surface area contributed by atoms with Gasteiger partial charge in [0.15, 0.2) is 0 Å². The quantitative estimate of drug-likeness (QED) is 0.769. The standard InChI is InChI=1S/C21H25NO2/c1-18(11-12-22-13-15-23-16-14-22)20-9-7-19(8-10-20)17-24-21-5-3-2-4-6-21/h2-10H,1,11-17H2. The minimum Gasteiger partial charge on any atom is -0.489 e. The molecule has 0 spiro atoms. The van der Waals surface area contributed by atoms with Crippen LogP contribution in [0.3, 0.4) is 0 Å². The van der Waals surface area contributed by atoms with E-state index in [9.17, 15) is 0 Å². The van der Waals surface area contributed by atoms with E-state index in [0.717, 1.165) is 45.0 Å². The van der Waals surface area contributed by atoms with Crippen molar-refractivity contribution in [2.24, 2.45) is 0 Å². The lowest BCUT2D eigenvalue weighted by atomic mass is 10.0. The Morgan fingerprint density at radius 1 is 1.00 bits per heavy atom. The minimum atomic E-state index is 0.588. The van der Waals surface area contributed by atoms with Crippen LogP contribution < -0.4 is 4.74 Å². The second-order valence-corrected chi connectivity index (χ2v) is 6.11. The first-order valence-corrected chi connectivity index (χ1v) is 8.56. The Hall–Kier alpha value is -2.10. The second-order valence-electron chi connectivity index (χ2n) is 6.11. The van der Waals surface area contributed by atoms with E-state index in [0.29, 0.717) is 6.61 Å². The molecule has 0 radical (unpaired) electrons. The molecule has 2 aromatic carbocycles. The Morgan fingerprint density at radius 3 is 2.42 bits per heavy atom. The zero-order valence-corrected chi connectivity index (χ0v) is 14.1. The van der Waals surface area contributed by atoms with Crippen LogP contribution in [0.4, 0.5) is 0 Å². The van der Waals surface area contributed by atoms with Crippen LogP contribution in [0.5, 0.6) is 5.75 Å². The van der Waals surface area contributed by atoms with Crippen molar-refractivity contribution in [3.63, 3.8) is 0 Å². The van der Waals surface area contributed by atoms with Gasteiger partial charge in [-0.1, -0.05) is 49.0 Å². The second kappa shape index (κ2) is 8.67. The molecule has 0 aromatic heterocycles. The zero-order valence-electron chi connectivity index (χ0n) is 14.1. The van der Waals surface area contributed by atoms with Gasteiger partial charge in [0.05, 0.1) is 13.2 Å². The summed E-state index contributed by atoms with van der Waals surface area (Å²) < 4.78 is 11.2. The SMILES string of the molecule is C=C(CCN1CCOCC1)c1ccc(COc2ccccc2)cc1. The highest BCUT2D eigenvalue weighted by Gasteiger charge is 2.10. The molecule has 24 heavy (non-hydrogen) atoms. The highest BCUT2D eigenvalue weighted by atomic mass is 16.5. The van der Waals surface area contributed by atoms with Gasteiger partial charge in [0, 0.05) is 19.6 Å². The van der Waals surface area contributed by atoms with Crippen molar-refractivity contribution in [2.45, 2.75) is 13.0 Å². The van der Waals surface area contributed by atoms with E-state index in [1.807, 2.05) is 30.3 Å². The lowest BCUT2D eigenvalue weighted by Crippen LogP contribution is -2.36. The first-order chi connectivity index (χ1) is 11.8. The van der Waals surface area contributed by atoms with Gasteiger partial charge < -0.3 is 9.47 Å². The highest BCUT2D eigenvalue weighted by molar-refractivity contribution is 5.63. The molecule has 0 unspecified atom stereocenters. The van der Waals surface area contributed by atoms with Crippen LogP contribution in [0.25, 0.3) is 5.57 Å². The maximum Gasteiger partial charge on any atom is 0.119 e. The van der Waals surface area contributed by atoms with Crippen LogP contribution in [0.2, 0.25) is 0 Å². The van der Waals surface area contributed by atoms with Gasteiger partial charge in [-0.15, -0.1) is 0 Å². The van der Waals surface area contributed by atoms with Crippen LogP contribution >= 0.6 is 0 Å². The fourth-order valence-corrected chi connectivity index (χ4v) is 2.78. The fraction of sp³-hybridized carbons (Fsp3) is 0.333. The summed E-state index contributed by atoms with van der Waals surface area (Å²) in [4.78, 5) is 2.44. The Balaban J connectivity index is 1.47. The third kappa shape index (κ3) is 4.95. The summed E-state index contributed by atoms with van der Waals surface area (Å²) >= 11 is 0. The highest BCUT2D eigenvalue weighted by Crippen LogP contribution is 2.19. The van der Waals surface area contributed by atoms with Crippen molar-refractivity contribution in [1.29, 1.82) is 0 Å². The van der Waals surface area contributed by atoms with E-state index >= 15 is 0 Å². The van der Waals surface area contributed by atoms with Crippen LogP contribution in [0.1, 0.15) is 17.5 Å². The van der Waals surface area contributed by atoms with E-state index in [-0.39, 0.29) is 0 Å². The molecule has 0 N–H and O–H groups in total. The van der Waals surface area contributed by atoms with Crippen LogP contribution in [0.15, 0.2) is 61.2 Å². The van der Waals surface area contributed by atoms with Crippen LogP contribution in [-0.2, 0) is 11.3 Å². The lowest BCUT2D eigenvalue weighted by Gasteiger charge is -2.26. The number of ether oxygens (including phenoxy) is 2. The van der Waals surface area contributed by atoms with Crippen LogP contribution in [0, 0.1) is 0 Å². The minimum absolute atomic E-state index is 0.588. The van der Waals surface area contributed by atoms with Gasteiger partial charge in [-0.2, -0.15) is 0 Å². The summed E-state index contributed by atoms with van der Waals surface area (Å²) in [5.41, 5.74) is 3.58. The predicted octanol–water partition coefficient (Wildman–Crippen LogP) is 4.00. The van der Waals surface area contributed by atoms with E-state index in [4.69, 9.17) is 9.47 Å². The van der Waals surface area contributed by atoms with Gasteiger partial charge in [-0.25, -0.2) is 0 Å². The maximum atomic E-state index is 5.78. The molecule has 0 saturated carbocycles. The first-order valence-electron chi connectivity index (χ1n) is 8.56. The summed E-state index contributed by atoms with van der Waals surface area (Å²) in [5, 5.41) is 0. The van der Waals surface area contributed by atoms with Crippen molar-refractivity contribution >= 4 is 5.57 Å². The third-order valence-electron chi connectivity index (χ3n) is 4.34. The van der Waals surface area contributed by atoms with Crippen molar-refractivity contribution in [1.82, 2.24) is 4.90 Å². The summed E-state index contributed by atoms with van der Waals surface area (Å²) in [6.45, 7) is 9.65. The number of para-hydroxylation sites is 1. The molecule has 0 bridgehead atoms. The van der Waals surface area contributed by atoms with Crippen molar-refractivity contribution in [3.05, 3.63) is 72.3 Å². The van der Waals surface area contributed by atoms with Crippen molar-refractivity contribution in [3.8, 4) is 5.75 Å². The Kier molecular flexibility index (Phi) is 6.05. The van der Waals surface area contributed by atoms with Crippen molar-refractivity contribution < 1.29 is 9.47 Å². The van der Waals surface area contributed by atoms with Crippen molar-refractivity contribution in [2.75, 3.05) is 32.8 Å². The summed E-state index contributed by atoms with van der Waals surface area (Å²) in [5.74, 6) is 0.900.